The van der Waals surface area contributed by atoms with Crippen molar-refractivity contribution in [2.24, 2.45) is 4.99 Å². The van der Waals surface area contributed by atoms with Crippen LogP contribution in [-0.2, 0) is 11.3 Å². The molecule has 8 heteroatoms. The molecule has 0 aliphatic carbocycles. The molecule has 2 aromatic rings. The Morgan fingerprint density at radius 2 is 1.94 bits per heavy atom. The number of aliphatic hydroxyl groups is 1. The number of benzene rings is 2. The van der Waals surface area contributed by atoms with Crippen LogP contribution >= 0.6 is 0 Å². The topological polar surface area (TPSA) is 86.2 Å². The largest absolute Gasteiger partial charge is 0.491 e. The van der Waals surface area contributed by atoms with Gasteiger partial charge in [0, 0.05) is 31.7 Å². The molecule has 1 heterocycles. The Kier molecular flexibility index (Phi) is 8.23. The predicted octanol–water partition coefficient (Wildman–Crippen LogP) is 2.45. The van der Waals surface area contributed by atoms with Crippen LogP contribution in [0.2, 0.25) is 0 Å². The van der Waals surface area contributed by atoms with E-state index in [0.29, 0.717) is 31.2 Å². The Morgan fingerprint density at radius 1 is 1.19 bits per heavy atom. The number of ether oxygens (including phenoxy) is 1. The first-order valence-corrected chi connectivity index (χ1v) is 10.5. The Morgan fingerprint density at radius 3 is 2.58 bits per heavy atom. The van der Waals surface area contributed by atoms with Crippen LogP contribution in [-0.4, -0.2) is 49.3 Å². The highest BCUT2D eigenvalue weighted by Crippen LogP contribution is 2.21. The number of nitrogens with zero attached hydrogens (tertiary/aromatic N) is 2. The minimum absolute atomic E-state index is 0.0781. The number of nitrogens with one attached hydrogen (secondary N) is 2. The summed E-state index contributed by atoms with van der Waals surface area (Å²) in [4.78, 5) is 18.2. The van der Waals surface area contributed by atoms with E-state index in [0.717, 1.165) is 24.2 Å². The lowest BCUT2D eigenvalue weighted by Gasteiger charge is -2.17. The van der Waals surface area contributed by atoms with Crippen LogP contribution in [0.25, 0.3) is 0 Å². The van der Waals surface area contributed by atoms with E-state index in [1.807, 2.05) is 36.1 Å². The second-order valence-electron chi connectivity index (χ2n) is 7.31. The van der Waals surface area contributed by atoms with Gasteiger partial charge >= 0.3 is 0 Å². The van der Waals surface area contributed by atoms with Gasteiger partial charge in [0.05, 0.1) is 6.54 Å². The molecular weight excluding hydrogens is 399 g/mol. The van der Waals surface area contributed by atoms with E-state index < -0.39 is 6.10 Å². The SMILES string of the molecule is CCNC(=NCc1ccc(N2CCCC2=O)cc1)NCC(O)COc1ccc(F)cc1. The second kappa shape index (κ2) is 11.3. The summed E-state index contributed by atoms with van der Waals surface area (Å²) in [6, 6.07) is 13.5. The maximum atomic E-state index is 12.9. The zero-order valence-corrected chi connectivity index (χ0v) is 17.7. The highest BCUT2D eigenvalue weighted by atomic mass is 19.1. The van der Waals surface area contributed by atoms with Gasteiger partial charge in [-0.05, 0) is 55.3 Å². The highest BCUT2D eigenvalue weighted by molar-refractivity contribution is 5.95. The average Bonchev–Trinajstić information content (AvgIpc) is 3.21. The normalized spacial score (nSPS) is 15.1. The van der Waals surface area contributed by atoms with Crippen molar-refractivity contribution in [3.05, 3.63) is 59.9 Å². The van der Waals surface area contributed by atoms with Gasteiger partial charge in [0.2, 0.25) is 5.91 Å². The molecule has 1 aliphatic rings. The molecule has 0 spiro atoms. The number of hydrogen-bond donors (Lipinski definition) is 3. The lowest BCUT2D eigenvalue weighted by molar-refractivity contribution is -0.117. The van der Waals surface area contributed by atoms with Crippen LogP contribution in [0.15, 0.2) is 53.5 Å². The summed E-state index contributed by atoms with van der Waals surface area (Å²) in [6.07, 6.45) is 0.764. The summed E-state index contributed by atoms with van der Waals surface area (Å²) >= 11 is 0. The van der Waals surface area contributed by atoms with Crippen molar-refractivity contribution in [3.63, 3.8) is 0 Å². The molecule has 0 aromatic heterocycles. The molecule has 0 radical (unpaired) electrons. The maximum absolute atomic E-state index is 12.9. The summed E-state index contributed by atoms with van der Waals surface area (Å²) in [7, 11) is 0. The van der Waals surface area contributed by atoms with Gasteiger partial charge in [0.1, 0.15) is 24.3 Å². The molecule has 3 rings (SSSR count). The zero-order chi connectivity index (χ0) is 22.1. The van der Waals surface area contributed by atoms with Crippen LogP contribution in [0, 0.1) is 5.82 Å². The molecule has 166 valence electrons. The van der Waals surface area contributed by atoms with Crippen LogP contribution < -0.4 is 20.3 Å². The average molecular weight is 429 g/mol. The first-order valence-electron chi connectivity index (χ1n) is 10.5. The summed E-state index contributed by atoms with van der Waals surface area (Å²) in [5.74, 6) is 0.925. The van der Waals surface area contributed by atoms with Gasteiger partial charge in [0.25, 0.3) is 0 Å². The van der Waals surface area contributed by atoms with Gasteiger partial charge in [-0.3, -0.25) is 4.79 Å². The molecule has 7 nitrogen and oxygen atoms in total. The van der Waals surface area contributed by atoms with Crippen LogP contribution in [0.4, 0.5) is 10.1 Å². The number of carbonyl (C=O) groups is 1. The highest BCUT2D eigenvalue weighted by Gasteiger charge is 2.21. The third kappa shape index (κ3) is 6.96. The van der Waals surface area contributed by atoms with Crippen molar-refractivity contribution in [1.29, 1.82) is 0 Å². The van der Waals surface area contributed by atoms with Gasteiger partial charge < -0.3 is 25.4 Å². The fraction of sp³-hybridized carbons (Fsp3) is 0.391. The van der Waals surface area contributed by atoms with E-state index in [1.165, 1.54) is 24.3 Å². The van der Waals surface area contributed by atoms with E-state index in [-0.39, 0.29) is 24.9 Å². The molecule has 1 saturated heterocycles. The van der Waals surface area contributed by atoms with Gasteiger partial charge in [-0.15, -0.1) is 0 Å². The van der Waals surface area contributed by atoms with Gasteiger partial charge in [0.15, 0.2) is 5.96 Å². The number of amides is 1. The summed E-state index contributed by atoms with van der Waals surface area (Å²) in [5, 5.41) is 16.4. The molecule has 1 unspecified atom stereocenters. The van der Waals surface area contributed by atoms with Crippen molar-refractivity contribution in [3.8, 4) is 5.75 Å². The fourth-order valence-corrected chi connectivity index (χ4v) is 3.21. The van der Waals surface area contributed by atoms with Crippen molar-refractivity contribution < 1.29 is 19.0 Å². The van der Waals surface area contributed by atoms with E-state index in [4.69, 9.17) is 4.74 Å². The first kappa shape index (κ1) is 22.6. The Bertz CT molecular complexity index is 871. The Balaban J connectivity index is 1.47. The summed E-state index contributed by atoms with van der Waals surface area (Å²) < 4.78 is 18.4. The lowest BCUT2D eigenvalue weighted by atomic mass is 10.2. The molecule has 1 atom stereocenters. The zero-order valence-electron chi connectivity index (χ0n) is 17.7. The van der Waals surface area contributed by atoms with E-state index in [2.05, 4.69) is 15.6 Å². The monoisotopic (exact) mass is 428 g/mol. The standard InChI is InChI=1S/C23H29FN4O3/c1-2-25-23(27-15-20(29)16-31-21-11-7-18(24)8-12-21)26-14-17-5-9-19(10-6-17)28-13-3-4-22(28)30/h5-12,20,29H,2-4,13-16H2,1H3,(H2,25,26,27). The maximum Gasteiger partial charge on any atom is 0.227 e. The number of anilines is 1. The molecule has 1 aliphatic heterocycles. The second-order valence-corrected chi connectivity index (χ2v) is 7.31. The number of hydrogen-bond acceptors (Lipinski definition) is 4. The van der Waals surface area contributed by atoms with Crippen molar-refractivity contribution in [2.75, 3.05) is 31.1 Å². The third-order valence-electron chi connectivity index (χ3n) is 4.85. The van der Waals surface area contributed by atoms with E-state index >= 15 is 0 Å². The number of guanidine groups is 1. The quantitative estimate of drug-likeness (QED) is 0.422. The molecule has 0 saturated carbocycles. The number of carbonyl (C=O) groups excluding carboxylic acids is 1. The van der Waals surface area contributed by atoms with E-state index in [9.17, 15) is 14.3 Å². The summed E-state index contributed by atoms with van der Waals surface area (Å²) in [6.45, 7) is 4.22. The third-order valence-corrected chi connectivity index (χ3v) is 4.85. The van der Waals surface area contributed by atoms with Crippen molar-refractivity contribution >= 4 is 17.6 Å². The van der Waals surface area contributed by atoms with Crippen LogP contribution in [0.5, 0.6) is 5.75 Å². The minimum Gasteiger partial charge on any atom is -0.491 e. The molecule has 31 heavy (non-hydrogen) atoms. The van der Waals surface area contributed by atoms with Gasteiger partial charge in [-0.2, -0.15) is 0 Å². The van der Waals surface area contributed by atoms with Crippen LogP contribution in [0.1, 0.15) is 25.3 Å². The lowest BCUT2D eigenvalue weighted by Crippen LogP contribution is -2.42. The van der Waals surface area contributed by atoms with Crippen molar-refractivity contribution in [2.45, 2.75) is 32.4 Å². The number of aliphatic hydroxyl groups excluding tert-OH is 1. The molecule has 3 N–H and O–H groups in total. The summed E-state index contributed by atoms with van der Waals surface area (Å²) in [5.41, 5.74) is 1.94. The molecule has 1 amide bonds. The fourth-order valence-electron chi connectivity index (χ4n) is 3.21. The first-order chi connectivity index (χ1) is 15.0. The minimum atomic E-state index is -0.758. The Hall–Kier alpha value is -3.13. The molecule has 2 aromatic carbocycles. The van der Waals surface area contributed by atoms with Gasteiger partial charge in [-0.1, -0.05) is 12.1 Å². The predicted molar refractivity (Wildman–Crippen MR) is 119 cm³/mol. The number of halogens is 1. The Labute approximate surface area is 181 Å². The molecule has 0 bridgehead atoms. The molecular formula is C23H29FN4O3. The molecule has 1 fully saturated rings. The van der Waals surface area contributed by atoms with Gasteiger partial charge in [-0.25, -0.2) is 9.38 Å². The van der Waals surface area contributed by atoms with Crippen LogP contribution in [0.3, 0.4) is 0 Å². The van der Waals surface area contributed by atoms with E-state index in [1.54, 1.807) is 0 Å². The number of aliphatic imine (C=N–C) groups is 1. The number of rotatable bonds is 9. The van der Waals surface area contributed by atoms with Crippen molar-refractivity contribution in [1.82, 2.24) is 10.6 Å². The smallest absolute Gasteiger partial charge is 0.227 e.